The van der Waals surface area contributed by atoms with Crippen molar-refractivity contribution in [2.45, 2.75) is 6.04 Å². The van der Waals surface area contributed by atoms with Crippen LogP contribution in [-0.2, 0) is 9.53 Å². The number of halogens is 1. The normalized spacial score (nSPS) is 23.6. The third-order valence-corrected chi connectivity index (χ3v) is 1.63. The average molecular weight is 176 g/mol. The summed E-state index contributed by atoms with van der Waals surface area (Å²) >= 11 is 0. The predicted molar refractivity (Wildman–Crippen MR) is 41.6 cm³/mol. The Kier molecular flexibility index (Phi) is 3.96. The molecule has 70 valence electrons. The van der Waals surface area contributed by atoms with Crippen LogP contribution in [0, 0.1) is 0 Å². The average Bonchev–Trinajstić information content (AvgIpc) is 2.15. The lowest BCUT2D eigenvalue weighted by Crippen LogP contribution is -2.51. The van der Waals surface area contributed by atoms with Crippen LogP contribution >= 0.6 is 0 Å². The van der Waals surface area contributed by atoms with Crippen LogP contribution in [0.2, 0.25) is 0 Å². The molecule has 0 aromatic carbocycles. The van der Waals surface area contributed by atoms with Gasteiger partial charge in [-0.1, -0.05) is 0 Å². The fraction of sp³-hybridized carbons (Fsp3) is 0.857. The zero-order valence-corrected chi connectivity index (χ0v) is 6.81. The number of rotatable bonds is 3. The van der Waals surface area contributed by atoms with Crippen molar-refractivity contribution in [1.29, 1.82) is 0 Å². The topological polar surface area (TPSA) is 50.4 Å². The lowest BCUT2D eigenvalue weighted by molar-refractivity contribution is -0.125. The maximum atomic E-state index is 11.7. The Morgan fingerprint density at radius 1 is 1.75 bits per heavy atom. The van der Waals surface area contributed by atoms with Gasteiger partial charge in [0.25, 0.3) is 0 Å². The highest BCUT2D eigenvalue weighted by molar-refractivity contribution is 5.81. The number of carbonyl (C=O) groups excluding carboxylic acids is 1. The number of hydrogen-bond donors (Lipinski definition) is 2. The number of nitrogens with one attached hydrogen (secondary N) is 2. The lowest BCUT2D eigenvalue weighted by atomic mass is 10.2. The molecule has 1 saturated heterocycles. The van der Waals surface area contributed by atoms with Crippen LogP contribution in [-0.4, -0.2) is 44.9 Å². The minimum absolute atomic E-state index is 0.0804. The van der Waals surface area contributed by atoms with Crippen LogP contribution in [0.1, 0.15) is 0 Å². The summed E-state index contributed by atoms with van der Waals surface area (Å²) < 4.78 is 16.7. The molecule has 1 fully saturated rings. The number of hydrogen-bond acceptors (Lipinski definition) is 3. The van der Waals surface area contributed by atoms with E-state index in [0.717, 1.165) is 0 Å². The van der Waals surface area contributed by atoms with Gasteiger partial charge in [0.15, 0.2) is 0 Å². The molecule has 1 heterocycles. The molecule has 0 saturated carbocycles. The maximum Gasteiger partial charge on any atom is 0.239 e. The highest BCUT2D eigenvalue weighted by Crippen LogP contribution is 1.92. The van der Waals surface area contributed by atoms with Gasteiger partial charge < -0.3 is 15.4 Å². The van der Waals surface area contributed by atoms with E-state index in [1.54, 1.807) is 0 Å². The fourth-order valence-electron chi connectivity index (χ4n) is 1.03. The summed E-state index contributed by atoms with van der Waals surface area (Å²) in [5.74, 6) is -0.188. The van der Waals surface area contributed by atoms with Crippen molar-refractivity contribution in [3.63, 3.8) is 0 Å². The SMILES string of the molecule is O=C(NCCF)C1COCCN1. The van der Waals surface area contributed by atoms with Crippen LogP contribution in [0.25, 0.3) is 0 Å². The summed E-state index contributed by atoms with van der Waals surface area (Å²) in [5.41, 5.74) is 0. The molecule has 12 heavy (non-hydrogen) atoms. The highest BCUT2D eigenvalue weighted by atomic mass is 19.1. The van der Waals surface area contributed by atoms with Crippen molar-refractivity contribution in [3.05, 3.63) is 0 Å². The summed E-state index contributed by atoms with van der Waals surface area (Å²) in [7, 11) is 0. The maximum absolute atomic E-state index is 11.7. The van der Waals surface area contributed by atoms with E-state index >= 15 is 0 Å². The van der Waals surface area contributed by atoms with E-state index in [1.165, 1.54) is 0 Å². The van der Waals surface area contributed by atoms with E-state index in [0.29, 0.717) is 19.8 Å². The van der Waals surface area contributed by atoms with Crippen LogP contribution in [0.15, 0.2) is 0 Å². The van der Waals surface area contributed by atoms with Crippen LogP contribution in [0.5, 0.6) is 0 Å². The molecule has 0 aromatic heterocycles. The third-order valence-electron chi connectivity index (χ3n) is 1.63. The van der Waals surface area contributed by atoms with Gasteiger partial charge in [0.2, 0.25) is 5.91 Å². The number of amides is 1. The first-order chi connectivity index (χ1) is 5.84. The van der Waals surface area contributed by atoms with Crippen molar-refractivity contribution in [3.8, 4) is 0 Å². The van der Waals surface area contributed by atoms with Gasteiger partial charge in [-0.05, 0) is 0 Å². The summed E-state index contributed by atoms with van der Waals surface area (Å²) in [6.45, 7) is 1.23. The zero-order chi connectivity index (χ0) is 8.81. The van der Waals surface area contributed by atoms with Crippen LogP contribution < -0.4 is 10.6 Å². The molecule has 1 amide bonds. The second-order valence-corrected chi connectivity index (χ2v) is 2.56. The van der Waals surface area contributed by atoms with Gasteiger partial charge in [-0.25, -0.2) is 4.39 Å². The minimum Gasteiger partial charge on any atom is -0.378 e. The van der Waals surface area contributed by atoms with E-state index in [9.17, 15) is 9.18 Å². The molecular formula is C7H13FN2O2. The Morgan fingerprint density at radius 3 is 3.17 bits per heavy atom. The Hall–Kier alpha value is -0.680. The zero-order valence-electron chi connectivity index (χ0n) is 6.81. The fourth-order valence-corrected chi connectivity index (χ4v) is 1.03. The number of alkyl halides is 1. The molecule has 2 N–H and O–H groups in total. The molecule has 1 rings (SSSR count). The van der Waals surface area contributed by atoms with Crippen molar-refractivity contribution in [2.24, 2.45) is 0 Å². The molecule has 1 aliphatic heterocycles. The van der Waals surface area contributed by atoms with Gasteiger partial charge in [-0.2, -0.15) is 0 Å². The first-order valence-corrected chi connectivity index (χ1v) is 3.99. The number of ether oxygens (including phenoxy) is 1. The van der Waals surface area contributed by atoms with Crippen LogP contribution in [0.3, 0.4) is 0 Å². The molecule has 1 atom stereocenters. The summed E-state index contributed by atoms with van der Waals surface area (Å²) in [5, 5.41) is 5.41. The summed E-state index contributed by atoms with van der Waals surface area (Å²) in [6.07, 6.45) is 0. The third kappa shape index (κ3) is 2.75. The van der Waals surface area contributed by atoms with Gasteiger partial charge in [-0.15, -0.1) is 0 Å². The lowest BCUT2D eigenvalue weighted by Gasteiger charge is -2.22. The van der Waals surface area contributed by atoms with Gasteiger partial charge >= 0.3 is 0 Å². The Morgan fingerprint density at radius 2 is 2.58 bits per heavy atom. The molecule has 1 aliphatic rings. The Bertz CT molecular complexity index is 148. The summed E-state index contributed by atoms with van der Waals surface area (Å²) in [6, 6.07) is -0.315. The van der Waals surface area contributed by atoms with Crippen molar-refractivity contribution in [2.75, 3.05) is 33.0 Å². The molecular weight excluding hydrogens is 163 g/mol. The summed E-state index contributed by atoms with van der Waals surface area (Å²) in [4.78, 5) is 11.1. The first kappa shape index (κ1) is 9.41. The van der Waals surface area contributed by atoms with Crippen molar-refractivity contribution in [1.82, 2.24) is 10.6 Å². The van der Waals surface area contributed by atoms with Crippen molar-refractivity contribution >= 4 is 5.91 Å². The first-order valence-electron chi connectivity index (χ1n) is 3.99. The van der Waals surface area contributed by atoms with Crippen molar-refractivity contribution < 1.29 is 13.9 Å². The van der Waals surface area contributed by atoms with Gasteiger partial charge in [0.05, 0.1) is 13.2 Å². The molecule has 1 unspecified atom stereocenters. The molecule has 0 bridgehead atoms. The van der Waals surface area contributed by atoms with E-state index in [-0.39, 0.29) is 18.5 Å². The predicted octanol–water partition coefficient (Wildman–Crippen LogP) is -0.939. The number of morpholine rings is 1. The van der Waals surface area contributed by atoms with E-state index in [2.05, 4.69) is 10.6 Å². The monoisotopic (exact) mass is 176 g/mol. The molecule has 0 radical (unpaired) electrons. The quantitative estimate of drug-likeness (QED) is 0.583. The van der Waals surface area contributed by atoms with Gasteiger partial charge in [0.1, 0.15) is 12.7 Å². The number of carbonyl (C=O) groups is 1. The Labute approximate surface area is 70.5 Å². The molecule has 0 aliphatic carbocycles. The smallest absolute Gasteiger partial charge is 0.239 e. The van der Waals surface area contributed by atoms with E-state index in [4.69, 9.17) is 4.74 Å². The van der Waals surface area contributed by atoms with Crippen LogP contribution in [0.4, 0.5) is 4.39 Å². The molecule has 0 aromatic rings. The van der Waals surface area contributed by atoms with E-state index in [1.807, 2.05) is 0 Å². The Balaban J connectivity index is 2.20. The van der Waals surface area contributed by atoms with Gasteiger partial charge in [0, 0.05) is 13.1 Å². The molecule has 5 heteroatoms. The highest BCUT2D eigenvalue weighted by Gasteiger charge is 2.20. The second-order valence-electron chi connectivity index (χ2n) is 2.56. The molecule has 4 nitrogen and oxygen atoms in total. The molecule has 0 spiro atoms. The second kappa shape index (κ2) is 5.05. The largest absolute Gasteiger partial charge is 0.378 e. The minimum atomic E-state index is -0.528. The standard InChI is InChI=1S/C7H13FN2O2/c8-1-2-10-7(11)6-5-12-4-3-9-6/h6,9H,1-5H2,(H,10,11). The van der Waals surface area contributed by atoms with Gasteiger partial charge in [-0.3, -0.25) is 4.79 Å². The van der Waals surface area contributed by atoms with E-state index < -0.39 is 6.67 Å².